The van der Waals surface area contributed by atoms with E-state index in [2.05, 4.69) is 9.47 Å². The molecule has 4 heteroatoms. The van der Waals surface area contributed by atoms with E-state index in [0.717, 1.165) is 0 Å². The zero-order valence-corrected chi connectivity index (χ0v) is 7.09. The first-order valence-electron chi connectivity index (χ1n) is 3.37. The number of ether oxygens (including phenoxy) is 2. The van der Waals surface area contributed by atoms with Crippen molar-refractivity contribution in [3.63, 3.8) is 0 Å². The van der Waals surface area contributed by atoms with Crippen molar-refractivity contribution in [1.82, 2.24) is 0 Å². The van der Waals surface area contributed by atoms with Crippen LogP contribution in [0.2, 0.25) is 0 Å². The first-order valence-corrected chi connectivity index (χ1v) is 3.37. The van der Waals surface area contributed by atoms with Crippen LogP contribution < -0.4 is 0 Å². The lowest BCUT2D eigenvalue weighted by molar-refractivity contribution is -0.163. The first-order chi connectivity index (χ1) is 4.98. The molecule has 66 valence electrons. The van der Waals surface area contributed by atoms with Crippen molar-refractivity contribution in [2.45, 2.75) is 19.4 Å². The van der Waals surface area contributed by atoms with Crippen molar-refractivity contribution >= 4 is 5.97 Å². The minimum absolute atomic E-state index is 0.180. The molecule has 0 fully saturated rings. The second-order valence-corrected chi connectivity index (χ2v) is 2.69. The van der Waals surface area contributed by atoms with Crippen molar-refractivity contribution in [1.29, 1.82) is 0 Å². The van der Waals surface area contributed by atoms with Crippen molar-refractivity contribution in [2.24, 2.45) is 0 Å². The lowest BCUT2D eigenvalue weighted by Crippen LogP contribution is -2.33. The summed E-state index contributed by atoms with van der Waals surface area (Å²) < 4.78 is 9.28. The summed E-state index contributed by atoms with van der Waals surface area (Å²) in [7, 11) is 1.51. The van der Waals surface area contributed by atoms with E-state index in [1.54, 1.807) is 0 Å². The maximum atomic E-state index is 10.8. The third-order valence-electron chi connectivity index (χ3n) is 1.02. The number of carbonyl (C=O) groups excluding carboxylic acids is 1. The standard InChI is InChI=1S/C7H14O4/c1-7(2,9)6(8)11-5-4-10-3/h9H,4-5H2,1-3H3. The Bertz CT molecular complexity index is 125. The molecule has 0 bridgehead atoms. The highest BCUT2D eigenvalue weighted by molar-refractivity contribution is 5.78. The van der Waals surface area contributed by atoms with E-state index in [-0.39, 0.29) is 6.61 Å². The molecule has 0 unspecified atom stereocenters. The number of hydrogen-bond acceptors (Lipinski definition) is 4. The van der Waals surface area contributed by atoms with Crippen LogP contribution in [-0.4, -0.2) is 37.0 Å². The predicted octanol–water partition coefficient (Wildman–Crippen LogP) is -0.0531. The van der Waals surface area contributed by atoms with Crippen LogP contribution in [0, 0.1) is 0 Å². The van der Waals surface area contributed by atoms with Gasteiger partial charge in [-0.1, -0.05) is 0 Å². The van der Waals surface area contributed by atoms with Gasteiger partial charge in [0.05, 0.1) is 6.61 Å². The molecule has 0 aliphatic heterocycles. The topological polar surface area (TPSA) is 55.8 Å². The minimum atomic E-state index is -1.41. The van der Waals surface area contributed by atoms with E-state index >= 15 is 0 Å². The number of rotatable bonds is 4. The van der Waals surface area contributed by atoms with Crippen LogP contribution in [0.15, 0.2) is 0 Å². The molecule has 0 amide bonds. The van der Waals surface area contributed by atoms with E-state index in [4.69, 9.17) is 5.11 Å². The molecule has 0 aromatic heterocycles. The summed E-state index contributed by atoms with van der Waals surface area (Å²) in [5, 5.41) is 9.07. The second kappa shape index (κ2) is 4.31. The van der Waals surface area contributed by atoms with E-state index in [1.165, 1.54) is 21.0 Å². The molecule has 0 rings (SSSR count). The van der Waals surface area contributed by atoms with Gasteiger partial charge in [0.1, 0.15) is 6.61 Å². The van der Waals surface area contributed by atoms with Gasteiger partial charge in [-0.2, -0.15) is 0 Å². The molecule has 0 saturated carbocycles. The van der Waals surface area contributed by atoms with Crippen LogP contribution in [0.25, 0.3) is 0 Å². The largest absolute Gasteiger partial charge is 0.461 e. The van der Waals surface area contributed by atoms with Gasteiger partial charge in [-0.15, -0.1) is 0 Å². The molecule has 0 atom stereocenters. The smallest absolute Gasteiger partial charge is 0.337 e. The maximum Gasteiger partial charge on any atom is 0.337 e. The van der Waals surface area contributed by atoms with Crippen LogP contribution in [0.1, 0.15) is 13.8 Å². The summed E-state index contributed by atoms with van der Waals surface area (Å²) in [5.41, 5.74) is -1.41. The molecule has 0 aliphatic rings. The molecule has 11 heavy (non-hydrogen) atoms. The summed E-state index contributed by atoms with van der Waals surface area (Å²) in [5.74, 6) is -0.630. The van der Waals surface area contributed by atoms with Gasteiger partial charge in [0.15, 0.2) is 5.60 Å². The number of aliphatic hydroxyl groups is 1. The Balaban J connectivity index is 3.54. The van der Waals surface area contributed by atoms with Gasteiger partial charge in [-0.25, -0.2) is 4.79 Å². The molecule has 0 aromatic carbocycles. The average Bonchev–Trinajstić information content (AvgIpc) is 1.86. The number of esters is 1. The van der Waals surface area contributed by atoms with Crippen LogP contribution >= 0.6 is 0 Å². The monoisotopic (exact) mass is 162 g/mol. The van der Waals surface area contributed by atoms with Gasteiger partial charge in [0, 0.05) is 7.11 Å². The van der Waals surface area contributed by atoms with Crippen molar-refractivity contribution < 1.29 is 19.4 Å². The van der Waals surface area contributed by atoms with Crippen LogP contribution in [-0.2, 0) is 14.3 Å². The van der Waals surface area contributed by atoms with Gasteiger partial charge >= 0.3 is 5.97 Å². The highest BCUT2D eigenvalue weighted by Crippen LogP contribution is 2.02. The fraction of sp³-hybridized carbons (Fsp3) is 0.857. The summed E-state index contributed by atoms with van der Waals surface area (Å²) in [6.07, 6.45) is 0. The van der Waals surface area contributed by atoms with Gasteiger partial charge in [-0.3, -0.25) is 0 Å². The summed E-state index contributed by atoms with van der Waals surface area (Å²) >= 11 is 0. The van der Waals surface area contributed by atoms with E-state index in [9.17, 15) is 4.79 Å². The summed E-state index contributed by atoms with van der Waals surface area (Å²) in [4.78, 5) is 10.8. The summed E-state index contributed by atoms with van der Waals surface area (Å²) in [6.45, 7) is 3.28. The molecule has 0 radical (unpaired) electrons. The number of carbonyl (C=O) groups is 1. The lowest BCUT2D eigenvalue weighted by Gasteiger charge is -2.14. The molecular formula is C7H14O4. The van der Waals surface area contributed by atoms with Crippen molar-refractivity contribution in [3.8, 4) is 0 Å². The molecular weight excluding hydrogens is 148 g/mol. The Morgan fingerprint density at radius 2 is 2.00 bits per heavy atom. The Kier molecular flexibility index (Phi) is 4.07. The zero-order valence-electron chi connectivity index (χ0n) is 7.09. The molecule has 1 N–H and O–H groups in total. The quantitative estimate of drug-likeness (QED) is 0.465. The molecule has 0 aromatic rings. The first kappa shape index (κ1) is 10.4. The summed E-state index contributed by atoms with van der Waals surface area (Å²) in [6, 6.07) is 0. The lowest BCUT2D eigenvalue weighted by atomic mass is 10.1. The van der Waals surface area contributed by atoms with E-state index < -0.39 is 11.6 Å². The molecule has 0 saturated heterocycles. The Hall–Kier alpha value is -0.610. The van der Waals surface area contributed by atoms with Crippen LogP contribution in [0.4, 0.5) is 0 Å². The number of methoxy groups -OCH3 is 1. The zero-order chi connectivity index (χ0) is 8.91. The van der Waals surface area contributed by atoms with Crippen LogP contribution in [0.5, 0.6) is 0 Å². The van der Waals surface area contributed by atoms with Gasteiger partial charge in [0.2, 0.25) is 0 Å². The molecule has 0 spiro atoms. The Morgan fingerprint density at radius 1 is 1.45 bits per heavy atom. The van der Waals surface area contributed by atoms with Gasteiger partial charge in [0.25, 0.3) is 0 Å². The third kappa shape index (κ3) is 4.75. The van der Waals surface area contributed by atoms with Crippen LogP contribution in [0.3, 0.4) is 0 Å². The van der Waals surface area contributed by atoms with Crippen molar-refractivity contribution in [2.75, 3.05) is 20.3 Å². The molecule has 4 nitrogen and oxygen atoms in total. The number of hydrogen-bond donors (Lipinski definition) is 1. The Labute approximate surface area is 66.1 Å². The van der Waals surface area contributed by atoms with E-state index in [1.807, 2.05) is 0 Å². The molecule has 0 heterocycles. The normalized spacial score (nSPS) is 11.3. The Morgan fingerprint density at radius 3 is 2.36 bits per heavy atom. The SMILES string of the molecule is COCCOC(=O)C(C)(C)O. The van der Waals surface area contributed by atoms with E-state index in [0.29, 0.717) is 6.61 Å². The maximum absolute atomic E-state index is 10.8. The fourth-order valence-electron chi connectivity index (χ4n) is 0.394. The third-order valence-corrected chi connectivity index (χ3v) is 1.02. The second-order valence-electron chi connectivity index (χ2n) is 2.69. The minimum Gasteiger partial charge on any atom is -0.461 e. The van der Waals surface area contributed by atoms with Gasteiger partial charge < -0.3 is 14.6 Å². The molecule has 0 aliphatic carbocycles. The average molecular weight is 162 g/mol. The van der Waals surface area contributed by atoms with Gasteiger partial charge in [-0.05, 0) is 13.8 Å². The highest BCUT2D eigenvalue weighted by atomic mass is 16.6. The van der Waals surface area contributed by atoms with Crippen molar-refractivity contribution in [3.05, 3.63) is 0 Å². The fourth-order valence-corrected chi connectivity index (χ4v) is 0.394. The highest BCUT2D eigenvalue weighted by Gasteiger charge is 2.25. The predicted molar refractivity (Wildman–Crippen MR) is 39.1 cm³/mol.